The van der Waals surface area contributed by atoms with Crippen molar-refractivity contribution in [3.05, 3.63) is 24.5 Å². The standard InChI is InChI=1S/C10H13N3O/c1-13(9-4-6-11-7-5-9)10(14)12-8-2-3-8/h4-8H,2-3H2,1H3,(H,12,14). The summed E-state index contributed by atoms with van der Waals surface area (Å²) in [5.74, 6) is 0. The lowest BCUT2D eigenvalue weighted by Gasteiger charge is -2.17. The van der Waals surface area contributed by atoms with Gasteiger partial charge in [0.05, 0.1) is 0 Å². The predicted molar refractivity (Wildman–Crippen MR) is 54.2 cm³/mol. The van der Waals surface area contributed by atoms with Crippen LogP contribution in [-0.4, -0.2) is 24.1 Å². The van der Waals surface area contributed by atoms with Crippen LogP contribution in [0, 0.1) is 0 Å². The summed E-state index contributed by atoms with van der Waals surface area (Å²) in [7, 11) is 1.76. The van der Waals surface area contributed by atoms with Crippen molar-refractivity contribution in [1.29, 1.82) is 0 Å². The number of carbonyl (C=O) groups excluding carboxylic acids is 1. The lowest BCUT2D eigenvalue weighted by Crippen LogP contribution is -2.38. The molecule has 0 saturated heterocycles. The van der Waals surface area contributed by atoms with E-state index in [0.29, 0.717) is 6.04 Å². The molecule has 4 heteroatoms. The molecule has 74 valence electrons. The summed E-state index contributed by atoms with van der Waals surface area (Å²) < 4.78 is 0. The maximum atomic E-state index is 11.6. The molecule has 1 N–H and O–H groups in total. The van der Waals surface area contributed by atoms with Crippen LogP contribution in [0.2, 0.25) is 0 Å². The van der Waals surface area contributed by atoms with Crippen molar-refractivity contribution in [3.8, 4) is 0 Å². The van der Waals surface area contributed by atoms with Crippen LogP contribution in [0.1, 0.15) is 12.8 Å². The molecule has 1 aromatic heterocycles. The fourth-order valence-electron chi connectivity index (χ4n) is 1.18. The summed E-state index contributed by atoms with van der Waals surface area (Å²) in [4.78, 5) is 17.1. The Labute approximate surface area is 82.9 Å². The molecule has 0 radical (unpaired) electrons. The minimum absolute atomic E-state index is 0.0429. The van der Waals surface area contributed by atoms with Crippen LogP contribution in [0.15, 0.2) is 24.5 Å². The van der Waals surface area contributed by atoms with Crippen molar-refractivity contribution in [1.82, 2.24) is 10.3 Å². The molecule has 1 fully saturated rings. The van der Waals surface area contributed by atoms with E-state index in [1.807, 2.05) is 12.1 Å². The lowest BCUT2D eigenvalue weighted by molar-refractivity contribution is 0.247. The zero-order valence-corrected chi connectivity index (χ0v) is 8.10. The Morgan fingerprint density at radius 3 is 2.71 bits per heavy atom. The van der Waals surface area contributed by atoms with Crippen LogP contribution in [0.25, 0.3) is 0 Å². The van der Waals surface area contributed by atoms with Crippen molar-refractivity contribution >= 4 is 11.7 Å². The quantitative estimate of drug-likeness (QED) is 0.767. The maximum absolute atomic E-state index is 11.6. The van der Waals surface area contributed by atoms with E-state index in [-0.39, 0.29) is 6.03 Å². The molecular formula is C10H13N3O. The molecule has 0 spiro atoms. The molecule has 0 aliphatic heterocycles. The highest BCUT2D eigenvalue weighted by Crippen LogP contribution is 2.19. The summed E-state index contributed by atoms with van der Waals surface area (Å²) >= 11 is 0. The monoisotopic (exact) mass is 191 g/mol. The van der Waals surface area contributed by atoms with Gasteiger partial charge in [0.1, 0.15) is 0 Å². The Morgan fingerprint density at radius 2 is 2.14 bits per heavy atom. The number of carbonyl (C=O) groups is 1. The van der Waals surface area contributed by atoms with Crippen LogP contribution in [0.5, 0.6) is 0 Å². The number of urea groups is 1. The van der Waals surface area contributed by atoms with Gasteiger partial charge in [-0.1, -0.05) is 0 Å². The van der Waals surface area contributed by atoms with Gasteiger partial charge in [-0.05, 0) is 25.0 Å². The highest BCUT2D eigenvalue weighted by molar-refractivity contribution is 5.91. The first-order valence-corrected chi connectivity index (χ1v) is 4.71. The number of aromatic nitrogens is 1. The second kappa shape index (κ2) is 3.65. The second-order valence-electron chi connectivity index (χ2n) is 3.49. The van der Waals surface area contributed by atoms with Crippen LogP contribution < -0.4 is 10.2 Å². The smallest absolute Gasteiger partial charge is 0.321 e. The summed E-state index contributed by atoms with van der Waals surface area (Å²) in [6, 6.07) is 3.98. The van der Waals surface area contributed by atoms with Gasteiger partial charge in [0.15, 0.2) is 0 Å². The van der Waals surface area contributed by atoms with E-state index in [1.54, 1.807) is 24.3 Å². The largest absolute Gasteiger partial charge is 0.335 e. The number of hydrogen-bond acceptors (Lipinski definition) is 2. The average molecular weight is 191 g/mol. The normalized spacial score (nSPS) is 14.9. The van der Waals surface area contributed by atoms with E-state index in [0.717, 1.165) is 18.5 Å². The van der Waals surface area contributed by atoms with Gasteiger partial charge in [-0.2, -0.15) is 0 Å². The van der Waals surface area contributed by atoms with Gasteiger partial charge in [0, 0.05) is 31.2 Å². The Bertz CT molecular complexity index is 321. The Balaban J connectivity index is 1.99. The molecular weight excluding hydrogens is 178 g/mol. The van der Waals surface area contributed by atoms with Crippen LogP contribution in [0.4, 0.5) is 10.5 Å². The van der Waals surface area contributed by atoms with E-state index < -0.39 is 0 Å². The van der Waals surface area contributed by atoms with Gasteiger partial charge in [-0.15, -0.1) is 0 Å². The van der Waals surface area contributed by atoms with Crippen LogP contribution >= 0.6 is 0 Å². The molecule has 1 heterocycles. The third kappa shape index (κ3) is 2.02. The molecule has 1 aromatic rings. The molecule has 4 nitrogen and oxygen atoms in total. The highest BCUT2D eigenvalue weighted by atomic mass is 16.2. The number of nitrogens with zero attached hydrogens (tertiary/aromatic N) is 2. The van der Waals surface area contributed by atoms with Gasteiger partial charge in [0.25, 0.3) is 0 Å². The van der Waals surface area contributed by atoms with Crippen molar-refractivity contribution in [2.24, 2.45) is 0 Å². The number of amides is 2. The van der Waals surface area contributed by atoms with Gasteiger partial charge in [-0.25, -0.2) is 4.79 Å². The average Bonchev–Trinajstić information content (AvgIpc) is 3.02. The van der Waals surface area contributed by atoms with Gasteiger partial charge < -0.3 is 5.32 Å². The van der Waals surface area contributed by atoms with Gasteiger partial charge in [0.2, 0.25) is 0 Å². The van der Waals surface area contributed by atoms with Crippen molar-refractivity contribution < 1.29 is 4.79 Å². The van der Waals surface area contributed by atoms with Crippen LogP contribution in [-0.2, 0) is 0 Å². The zero-order chi connectivity index (χ0) is 9.97. The van der Waals surface area contributed by atoms with E-state index in [1.165, 1.54) is 0 Å². The molecule has 0 atom stereocenters. The summed E-state index contributed by atoms with van der Waals surface area (Å²) in [5, 5.41) is 2.92. The molecule has 1 aliphatic rings. The minimum atomic E-state index is -0.0429. The third-order valence-corrected chi connectivity index (χ3v) is 2.26. The lowest BCUT2D eigenvalue weighted by atomic mass is 10.4. The van der Waals surface area contributed by atoms with E-state index in [4.69, 9.17) is 0 Å². The van der Waals surface area contributed by atoms with Crippen molar-refractivity contribution in [2.75, 3.05) is 11.9 Å². The number of nitrogens with one attached hydrogen (secondary N) is 1. The summed E-state index contributed by atoms with van der Waals surface area (Å²) in [6.45, 7) is 0. The molecule has 0 bridgehead atoms. The van der Waals surface area contributed by atoms with E-state index in [9.17, 15) is 4.79 Å². The summed E-state index contributed by atoms with van der Waals surface area (Å²) in [5.41, 5.74) is 0.859. The maximum Gasteiger partial charge on any atom is 0.321 e. The number of rotatable bonds is 2. The first-order valence-electron chi connectivity index (χ1n) is 4.71. The second-order valence-corrected chi connectivity index (χ2v) is 3.49. The predicted octanol–water partition coefficient (Wildman–Crippen LogP) is 1.39. The SMILES string of the molecule is CN(C(=O)NC1CC1)c1ccncc1. The first kappa shape index (κ1) is 8.99. The topological polar surface area (TPSA) is 45.2 Å². The van der Waals surface area contributed by atoms with Crippen molar-refractivity contribution in [2.45, 2.75) is 18.9 Å². The minimum Gasteiger partial charge on any atom is -0.335 e. The molecule has 1 aliphatic carbocycles. The fourth-order valence-corrected chi connectivity index (χ4v) is 1.18. The molecule has 2 amide bonds. The molecule has 14 heavy (non-hydrogen) atoms. The van der Waals surface area contributed by atoms with Crippen molar-refractivity contribution in [3.63, 3.8) is 0 Å². The Hall–Kier alpha value is -1.58. The van der Waals surface area contributed by atoms with Gasteiger partial charge in [-0.3, -0.25) is 9.88 Å². The number of anilines is 1. The van der Waals surface area contributed by atoms with E-state index >= 15 is 0 Å². The van der Waals surface area contributed by atoms with Gasteiger partial charge >= 0.3 is 6.03 Å². The molecule has 2 rings (SSSR count). The van der Waals surface area contributed by atoms with Crippen LogP contribution in [0.3, 0.4) is 0 Å². The number of hydrogen-bond donors (Lipinski definition) is 1. The van der Waals surface area contributed by atoms with E-state index in [2.05, 4.69) is 10.3 Å². The Morgan fingerprint density at radius 1 is 1.50 bits per heavy atom. The first-order chi connectivity index (χ1) is 6.77. The zero-order valence-electron chi connectivity index (χ0n) is 8.10. The molecule has 0 aromatic carbocycles. The fraction of sp³-hybridized carbons (Fsp3) is 0.400. The summed E-state index contributed by atoms with van der Waals surface area (Å²) in [6.07, 6.45) is 5.57. The third-order valence-electron chi connectivity index (χ3n) is 2.26. The highest BCUT2D eigenvalue weighted by Gasteiger charge is 2.24. The molecule has 1 saturated carbocycles. The molecule has 0 unspecified atom stereocenters. The Kier molecular flexibility index (Phi) is 2.35. The number of pyridine rings is 1.